The number of halogens is 2. The number of carbonyl (C=O) groups is 1. The van der Waals surface area contributed by atoms with Crippen molar-refractivity contribution in [3.05, 3.63) is 23.8 Å². The Hall–Kier alpha value is -1.85. The highest BCUT2D eigenvalue weighted by molar-refractivity contribution is 5.78. The van der Waals surface area contributed by atoms with Gasteiger partial charge < -0.3 is 14.2 Å². The van der Waals surface area contributed by atoms with Crippen molar-refractivity contribution in [3.63, 3.8) is 0 Å². The van der Waals surface area contributed by atoms with E-state index in [1.165, 1.54) is 19.2 Å². The molecule has 98 valence electrons. The van der Waals surface area contributed by atoms with E-state index in [9.17, 15) is 13.6 Å². The number of esters is 1. The topological polar surface area (TPSA) is 44.8 Å². The maximum atomic E-state index is 12.8. The number of carbonyl (C=O) groups excluding carboxylic acids is 1. The molecule has 0 N–H and O–H groups in total. The van der Waals surface area contributed by atoms with Gasteiger partial charge in [0, 0.05) is 0 Å². The first-order valence-corrected chi connectivity index (χ1v) is 5.44. The molecule has 1 heterocycles. The highest BCUT2D eigenvalue weighted by atomic mass is 19.3. The summed E-state index contributed by atoms with van der Waals surface area (Å²) in [6, 6.07) is 4.28. The SMILES string of the molecule is CCC(C(=O)OC)c1ccc2c(c1)OC(F)(F)O2. The number of fused-ring (bicyclic) bond motifs is 1. The standard InChI is InChI=1S/C12H12F2O4/c1-3-8(11(15)16-2)7-4-5-9-10(6-7)18-12(13,14)17-9/h4-6,8H,3H2,1-2H3. The highest BCUT2D eigenvalue weighted by Crippen LogP contribution is 2.42. The fourth-order valence-corrected chi connectivity index (χ4v) is 1.86. The van der Waals surface area contributed by atoms with Gasteiger partial charge in [0.05, 0.1) is 13.0 Å². The van der Waals surface area contributed by atoms with Crippen LogP contribution in [0, 0.1) is 0 Å². The van der Waals surface area contributed by atoms with Crippen LogP contribution in [0.15, 0.2) is 18.2 Å². The molecular weight excluding hydrogens is 246 g/mol. The quantitative estimate of drug-likeness (QED) is 0.782. The molecule has 0 bridgehead atoms. The van der Waals surface area contributed by atoms with E-state index in [-0.39, 0.29) is 11.5 Å². The summed E-state index contributed by atoms with van der Waals surface area (Å²) in [6.45, 7) is 1.81. The molecule has 4 nitrogen and oxygen atoms in total. The zero-order valence-electron chi connectivity index (χ0n) is 9.91. The number of rotatable bonds is 3. The molecule has 0 fully saturated rings. The fourth-order valence-electron chi connectivity index (χ4n) is 1.86. The minimum absolute atomic E-state index is 0.0385. The number of benzene rings is 1. The van der Waals surface area contributed by atoms with E-state index in [4.69, 9.17) is 0 Å². The summed E-state index contributed by atoms with van der Waals surface area (Å²) in [5.74, 6) is -1.02. The molecule has 0 spiro atoms. The molecule has 0 aromatic heterocycles. The smallest absolute Gasteiger partial charge is 0.469 e. The number of hydrogen-bond acceptors (Lipinski definition) is 4. The largest absolute Gasteiger partial charge is 0.586 e. The van der Waals surface area contributed by atoms with E-state index in [1.807, 2.05) is 0 Å². The molecule has 6 heteroatoms. The third-order valence-electron chi connectivity index (χ3n) is 2.72. The van der Waals surface area contributed by atoms with Gasteiger partial charge in [0.25, 0.3) is 0 Å². The Kier molecular flexibility index (Phi) is 3.11. The minimum atomic E-state index is -3.64. The number of methoxy groups -OCH3 is 1. The van der Waals surface area contributed by atoms with Crippen LogP contribution < -0.4 is 9.47 Å². The Morgan fingerprint density at radius 1 is 1.39 bits per heavy atom. The second-order valence-corrected chi connectivity index (χ2v) is 3.86. The Morgan fingerprint density at radius 2 is 2.06 bits per heavy atom. The van der Waals surface area contributed by atoms with Gasteiger partial charge in [0.2, 0.25) is 0 Å². The van der Waals surface area contributed by atoms with Gasteiger partial charge in [-0.3, -0.25) is 4.79 Å². The highest BCUT2D eigenvalue weighted by Gasteiger charge is 2.43. The van der Waals surface area contributed by atoms with Crippen LogP contribution in [-0.4, -0.2) is 19.4 Å². The Bertz CT molecular complexity index is 473. The lowest BCUT2D eigenvalue weighted by molar-refractivity contribution is -0.286. The van der Waals surface area contributed by atoms with E-state index in [0.717, 1.165) is 0 Å². The maximum absolute atomic E-state index is 12.8. The van der Waals surface area contributed by atoms with Crippen LogP contribution in [0.2, 0.25) is 0 Å². The molecule has 1 aliphatic rings. The summed E-state index contributed by atoms with van der Waals surface area (Å²) in [6.07, 6.45) is -3.14. The van der Waals surface area contributed by atoms with Crippen LogP contribution >= 0.6 is 0 Å². The molecule has 1 aromatic carbocycles. The molecule has 0 amide bonds. The van der Waals surface area contributed by atoms with Crippen molar-refractivity contribution in [2.75, 3.05) is 7.11 Å². The minimum Gasteiger partial charge on any atom is -0.469 e. The molecule has 0 aliphatic carbocycles. The number of alkyl halides is 2. The maximum Gasteiger partial charge on any atom is 0.586 e. The van der Waals surface area contributed by atoms with Crippen molar-refractivity contribution in [2.24, 2.45) is 0 Å². The Balaban J connectivity index is 2.30. The molecule has 0 saturated carbocycles. The molecule has 1 aromatic rings. The van der Waals surface area contributed by atoms with Gasteiger partial charge in [-0.25, -0.2) is 0 Å². The lowest BCUT2D eigenvalue weighted by Crippen LogP contribution is -2.25. The molecule has 1 atom stereocenters. The molecule has 1 unspecified atom stereocenters. The van der Waals surface area contributed by atoms with E-state index >= 15 is 0 Å². The normalized spacial score (nSPS) is 17.3. The average Bonchev–Trinajstić information content (AvgIpc) is 2.62. The van der Waals surface area contributed by atoms with Crippen molar-refractivity contribution in [1.29, 1.82) is 0 Å². The van der Waals surface area contributed by atoms with Crippen molar-refractivity contribution < 1.29 is 27.8 Å². The van der Waals surface area contributed by atoms with Gasteiger partial charge in [-0.05, 0) is 24.1 Å². The summed E-state index contributed by atoms with van der Waals surface area (Å²) in [4.78, 5) is 11.5. The Labute approximate surface area is 102 Å². The van der Waals surface area contributed by atoms with E-state index < -0.39 is 18.2 Å². The zero-order valence-corrected chi connectivity index (χ0v) is 9.91. The van der Waals surface area contributed by atoms with Gasteiger partial charge in [-0.15, -0.1) is 8.78 Å². The monoisotopic (exact) mass is 258 g/mol. The average molecular weight is 258 g/mol. The third kappa shape index (κ3) is 2.23. The molecular formula is C12H12F2O4. The molecule has 1 aliphatic heterocycles. The Morgan fingerprint density at radius 3 is 2.67 bits per heavy atom. The third-order valence-corrected chi connectivity index (χ3v) is 2.72. The summed E-state index contributed by atoms with van der Waals surface area (Å²) in [7, 11) is 1.28. The predicted molar refractivity (Wildman–Crippen MR) is 57.7 cm³/mol. The van der Waals surface area contributed by atoms with Gasteiger partial charge in [-0.2, -0.15) is 0 Å². The lowest BCUT2D eigenvalue weighted by atomic mass is 9.96. The van der Waals surface area contributed by atoms with Gasteiger partial charge in [0.1, 0.15) is 0 Å². The molecule has 0 radical (unpaired) electrons. The van der Waals surface area contributed by atoms with Crippen LogP contribution in [0.5, 0.6) is 11.5 Å². The van der Waals surface area contributed by atoms with Crippen LogP contribution in [-0.2, 0) is 9.53 Å². The first-order valence-electron chi connectivity index (χ1n) is 5.44. The van der Waals surface area contributed by atoms with Crippen LogP contribution in [0.25, 0.3) is 0 Å². The number of hydrogen-bond donors (Lipinski definition) is 0. The first-order chi connectivity index (χ1) is 8.46. The summed E-state index contributed by atoms with van der Waals surface area (Å²) in [5, 5.41) is 0. The van der Waals surface area contributed by atoms with Gasteiger partial charge in [-0.1, -0.05) is 13.0 Å². The van der Waals surface area contributed by atoms with Crippen LogP contribution in [0.3, 0.4) is 0 Å². The summed E-state index contributed by atoms with van der Waals surface area (Å²) in [5.41, 5.74) is 0.560. The second kappa shape index (κ2) is 4.44. The number of ether oxygens (including phenoxy) is 3. The predicted octanol–water partition coefficient (Wildman–Crippen LogP) is 2.67. The molecule has 18 heavy (non-hydrogen) atoms. The van der Waals surface area contributed by atoms with Crippen molar-refractivity contribution in [3.8, 4) is 11.5 Å². The second-order valence-electron chi connectivity index (χ2n) is 3.86. The molecule has 0 saturated heterocycles. The van der Waals surface area contributed by atoms with Gasteiger partial charge in [0.15, 0.2) is 11.5 Å². The van der Waals surface area contributed by atoms with E-state index in [0.29, 0.717) is 12.0 Å². The van der Waals surface area contributed by atoms with Crippen LogP contribution in [0.4, 0.5) is 8.78 Å². The van der Waals surface area contributed by atoms with Gasteiger partial charge >= 0.3 is 12.3 Å². The van der Waals surface area contributed by atoms with Crippen LogP contribution in [0.1, 0.15) is 24.8 Å². The lowest BCUT2D eigenvalue weighted by Gasteiger charge is -2.12. The summed E-state index contributed by atoms with van der Waals surface area (Å²) < 4.78 is 39.0. The molecule has 2 rings (SSSR count). The zero-order chi connectivity index (χ0) is 13.3. The van der Waals surface area contributed by atoms with E-state index in [2.05, 4.69) is 14.2 Å². The van der Waals surface area contributed by atoms with Crippen molar-refractivity contribution in [1.82, 2.24) is 0 Å². The van der Waals surface area contributed by atoms with Crippen molar-refractivity contribution in [2.45, 2.75) is 25.6 Å². The van der Waals surface area contributed by atoms with Crippen molar-refractivity contribution >= 4 is 5.97 Å². The van der Waals surface area contributed by atoms with E-state index in [1.54, 1.807) is 13.0 Å². The first kappa shape index (κ1) is 12.6. The fraction of sp³-hybridized carbons (Fsp3) is 0.417. The summed E-state index contributed by atoms with van der Waals surface area (Å²) >= 11 is 0.